The van der Waals surface area contributed by atoms with Crippen LogP contribution in [0.4, 0.5) is 0 Å². The van der Waals surface area contributed by atoms with Crippen molar-refractivity contribution in [3.05, 3.63) is 82.9 Å². The highest BCUT2D eigenvalue weighted by Crippen LogP contribution is 2.16. The summed E-state index contributed by atoms with van der Waals surface area (Å²) in [7, 11) is 0. The van der Waals surface area contributed by atoms with Crippen molar-refractivity contribution in [3.8, 4) is 5.69 Å². The highest BCUT2D eigenvalue weighted by atomic mass is 32.1. The number of H-pyrrole nitrogens is 1. The average molecular weight is 435 g/mol. The second kappa shape index (κ2) is 9.75. The van der Waals surface area contributed by atoms with E-state index in [-0.39, 0.29) is 11.8 Å². The Balaban J connectivity index is 1.32. The quantitative estimate of drug-likeness (QED) is 0.600. The molecular weight excluding hydrogens is 408 g/mol. The van der Waals surface area contributed by atoms with Crippen LogP contribution in [-0.4, -0.2) is 57.3 Å². The van der Waals surface area contributed by atoms with Gasteiger partial charge in [0.15, 0.2) is 4.77 Å². The number of piperazine rings is 1. The number of carbonyl (C=O) groups excluding carboxylic acids is 2. The third-order valence-electron chi connectivity index (χ3n) is 5.63. The molecule has 0 unspecified atom stereocenters. The third-order valence-corrected chi connectivity index (χ3v) is 5.93. The first-order valence-electron chi connectivity index (χ1n) is 10.6. The van der Waals surface area contributed by atoms with Crippen molar-refractivity contribution in [1.29, 1.82) is 0 Å². The number of carbonyl (C=O) groups is 2. The van der Waals surface area contributed by atoms with Crippen molar-refractivity contribution in [2.75, 3.05) is 26.2 Å². The van der Waals surface area contributed by atoms with Crippen molar-refractivity contribution in [2.24, 2.45) is 0 Å². The van der Waals surface area contributed by atoms with Gasteiger partial charge in [0.2, 0.25) is 5.91 Å². The molecule has 0 bridgehead atoms. The molecule has 1 fully saturated rings. The fourth-order valence-electron chi connectivity index (χ4n) is 3.93. The molecule has 1 N–H and O–H groups in total. The first kappa shape index (κ1) is 21.1. The Morgan fingerprint density at radius 1 is 0.871 bits per heavy atom. The summed E-state index contributed by atoms with van der Waals surface area (Å²) in [5.74, 6) is 0.0873. The minimum absolute atomic E-state index is 0.0765. The molecule has 2 heterocycles. The van der Waals surface area contributed by atoms with E-state index in [1.807, 2.05) is 53.4 Å². The maximum absolute atomic E-state index is 13.1. The lowest BCUT2D eigenvalue weighted by molar-refractivity contribution is -0.132. The van der Waals surface area contributed by atoms with Crippen molar-refractivity contribution in [3.63, 3.8) is 0 Å². The van der Waals surface area contributed by atoms with Crippen LogP contribution in [0, 0.1) is 4.77 Å². The van der Waals surface area contributed by atoms with Crippen molar-refractivity contribution < 1.29 is 9.59 Å². The Kier molecular flexibility index (Phi) is 6.62. The van der Waals surface area contributed by atoms with Gasteiger partial charge in [0, 0.05) is 44.5 Å². The van der Waals surface area contributed by atoms with E-state index >= 15 is 0 Å². The van der Waals surface area contributed by atoms with Gasteiger partial charge < -0.3 is 14.8 Å². The summed E-state index contributed by atoms with van der Waals surface area (Å²) in [4.78, 5) is 32.4. The maximum atomic E-state index is 13.1. The van der Waals surface area contributed by atoms with E-state index in [0.717, 1.165) is 18.5 Å². The lowest BCUT2D eigenvalue weighted by Gasteiger charge is -2.35. The van der Waals surface area contributed by atoms with Crippen LogP contribution in [0.2, 0.25) is 0 Å². The summed E-state index contributed by atoms with van der Waals surface area (Å²) >= 11 is 5.39. The SMILES string of the molecule is O=C(CCCc1ccccc1)N1CCN(C(=O)c2c[nH]c(=S)n2-c2ccccc2)CC1. The fourth-order valence-corrected chi connectivity index (χ4v) is 4.19. The lowest BCUT2D eigenvalue weighted by Crippen LogP contribution is -2.50. The average Bonchev–Trinajstić information content (AvgIpc) is 3.21. The summed E-state index contributed by atoms with van der Waals surface area (Å²) in [6.45, 7) is 2.17. The summed E-state index contributed by atoms with van der Waals surface area (Å²) in [6, 6.07) is 19.8. The molecule has 31 heavy (non-hydrogen) atoms. The molecule has 0 spiro atoms. The van der Waals surface area contributed by atoms with Crippen molar-refractivity contribution >= 4 is 24.0 Å². The number of hydrogen-bond donors (Lipinski definition) is 1. The van der Waals surface area contributed by atoms with Gasteiger partial charge in [-0.1, -0.05) is 48.5 Å². The predicted octanol–water partition coefficient (Wildman–Crippen LogP) is 3.84. The number of amides is 2. The van der Waals surface area contributed by atoms with Crippen LogP contribution in [0.5, 0.6) is 0 Å². The third kappa shape index (κ3) is 4.94. The first-order valence-corrected chi connectivity index (χ1v) is 11.0. The molecule has 0 aliphatic carbocycles. The molecule has 0 radical (unpaired) electrons. The zero-order valence-electron chi connectivity index (χ0n) is 17.4. The second-order valence-corrected chi connectivity index (χ2v) is 8.05. The number of imidazole rings is 1. The Hall–Kier alpha value is -3.19. The Bertz CT molecular complexity index is 1080. The van der Waals surface area contributed by atoms with Gasteiger partial charge in [0.1, 0.15) is 5.69 Å². The standard InChI is InChI=1S/C24H26N4O2S/c29-22(13-7-10-19-8-3-1-4-9-19)26-14-16-27(17-15-26)23(30)21-18-25-24(31)28(21)20-11-5-2-6-12-20/h1-6,8-9,11-12,18H,7,10,13-17H2,(H,25,31). The first-order chi connectivity index (χ1) is 15.1. The number of para-hydroxylation sites is 1. The van der Waals surface area contributed by atoms with Crippen LogP contribution in [0.3, 0.4) is 0 Å². The van der Waals surface area contributed by atoms with Gasteiger partial charge in [-0.3, -0.25) is 14.2 Å². The summed E-state index contributed by atoms with van der Waals surface area (Å²) < 4.78 is 2.25. The van der Waals surface area contributed by atoms with E-state index in [2.05, 4.69) is 17.1 Å². The van der Waals surface area contributed by atoms with Gasteiger partial charge >= 0.3 is 0 Å². The molecular formula is C24H26N4O2S. The molecule has 1 saturated heterocycles. The predicted molar refractivity (Wildman–Crippen MR) is 123 cm³/mol. The van der Waals surface area contributed by atoms with Gasteiger partial charge in [-0.2, -0.15) is 0 Å². The molecule has 1 aromatic heterocycles. The normalized spacial score (nSPS) is 13.9. The van der Waals surface area contributed by atoms with Crippen molar-refractivity contribution in [2.45, 2.75) is 19.3 Å². The maximum Gasteiger partial charge on any atom is 0.272 e. The fraction of sp³-hybridized carbons (Fsp3) is 0.292. The number of aromatic nitrogens is 2. The monoisotopic (exact) mass is 434 g/mol. The van der Waals surface area contributed by atoms with Crippen molar-refractivity contribution in [1.82, 2.24) is 19.4 Å². The van der Waals surface area contributed by atoms with Gasteiger partial charge in [-0.05, 0) is 42.8 Å². The zero-order chi connectivity index (χ0) is 21.6. The van der Waals surface area contributed by atoms with E-state index in [1.54, 1.807) is 15.7 Å². The molecule has 2 amide bonds. The van der Waals surface area contributed by atoms with E-state index in [0.29, 0.717) is 43.1 Å². The van der Waals surface area contributed by atoms with Gasteiger partial charge in [0.05, 0.1) is 0 Å². The summed E-state index contributed by atoms with van der Waals surface area (Å²) in [5, 5.41) is 0. The van der Waals surface area contributed by atoms with Gasteiger partial charge in [0.25, 0.3) is 5.91 Å². The number of aromatic amines is 1. The Morgan fingerprint density at radius 3 is 2.16 bits per heavy atom. The molecule has 1 aliphatic rings. The molecule has 2 aromatic carbocycles. The van der Waals surface area contributed by atoms with Crippen LogP contribution in [0.15, 0.2) is 66.9 Å². The van der Waals surface area contributed by atoms with E-state index in [9.17, 15) is 9.59 Å². The smallest absolute Gasteiger partial charge is 0.272 e. The zero-order valence-corrected chi connectivity index (χ0v) is 18.2. The summed E-state index contributed by atoms with van der Waals surface area (Å²) in [6.07, 6.45) is 3.94. The Morgan fingerprint density at radius 2 is 1.48 bits per heavy atom. The second-order valence-electron chi connectivity index (χ2n) is 7.66. The number of hydrogen-bond acceptors (Lipinski definition) is 3. The van der Waals surface area contributed by atoms with Crippen LogP contribution < -0.4 is 0 Å². The largest absolute Gasteiger partial charge is 0.339 e. The summed E-state index contributed by atoms with van der Waals surface area (Å²) in [5.41, 5.74) is 2.62. The Labute approximate surface area is 187 Å². The number of nitrogens with one attached hydrogen (secondary N) is 1. The highest BCUT2D eigenvalue weighted by Gasteiger charge is 2.26. The molecule has 7 heteroatoms. The molecule has 0 atom stereocenters. The number of rotatable bonds is 6. The van der Waals surface area contributed by atoms with E-state index < -0.39 is 0 Å². The molecule has 6 nitrogen and oxygen atoms in total. The van der Waals surface area contributed by atoms with Gasteiger partial charge in [-0.25, -0.2) is 0 Å². The topological polar surface area (TPSA) is 61.3 Å². The van der Waals surface area contributed by atoms with Gasteiger partial charge in [-0.15, -0.1) is 0 Å². The molecule has 0 saturated carbocycles. The highest BCUT2D eigenvalue weighted by molar-refractivity contribution is 7.71. The minimum atomic E-state index is -0.0765. The van der Waals surface area contributed by atoms with E-state index in [4.69, 9.17) is 12.2 Å². The van der Waals surface area contributed by atoms with Crippen LogP contribution in [-0.2, 0) is 11.2 Å². The molecule has 1 aliphatic heterocycles. The number of aryl methyl sites for hydroxylation is 1. The molecule has 3 aromatic rings. The number of nitrogens with zero attached hydrogens (tertiary/aromatic N) is 3. The molecule has 4 rings (SSSR count). The van der Waals surface area contributed by atoms with Crippen LogP contribution >= 0.6 is 12.2 Å². The van der Waals surface area contributed by atoms with Crippen LogP contribution in [0.25, 0.3) is 5.69 Å². The number of benzene rings is 2. The van der Waals surface area contributed by atoms with Crippen LogP contribution in [0.1, 0.15) is 28.9 Å². The minimum Gasteiger partial charge on any atom is -0.339 e. The van der Waals surface area contributed by atoms with E-state index in [1.165, 1.54) is 5.56 Å². The molecule has 160 valence electrons. The lowest BCUT2D eigenvalue weighted by atomic mass is 10.1.